The number of benzene rings is 1. The number of thioether (sulfide) groups is 1. The minimum atomic E-state index is -0.263. The lowest BCUT2D eigenvalue weighted by Gasteiger charge is -2.35. The van der Waals surface area contributed by atoms with Gasteiger partial charge < -0.3 is 4.74 Å². The van der Waals surface area contributed by atoms with Crippen molar-refractivity contribution in [1.82, 2.24) is 4.90 Å². The summed E-state index contributed by atoms with van der Waals surface area (Å²) in [5, 5.41) is 0.462. The summed E-state index contributed by atoms with van der Waals surface area (Å²) < 4.78 is 5.28. The Bertz CT molecular complexity index is 570. The molecule has 0 aromatic heterocycles. The molecule has 0 spiro atoms. The molecular weight excluding hydrogens is 318 g/mol. The van der Waals surface area contributed by atoms with Gasteiger partial charge in [0.15, 0.2) is 0 Å². The van der Waals surface area contributed by atoms with Crippen LogP contribution in [0.2, 0.25) is 0 Å². The number of hydrogen-bond donors (Lipinski definition) is 0. The maximum Gasteiger partial charge on any atom is 0.414 e. The molecule has 1 aliphatic rings. The molecule has 2 unspecified atom stereocenters. The second kappa shape index (κ2) is 9.58. The maximum absolute atomic E-state index is 12.4. The third-order valence-electron chi connectivity index (χ3n) is 4.15. The zero-order chi connectivity index (χ0) is 17.4. The Morgan fingerprint density at radius 1 is 1.38 bits per heavy atom. The van der Waals surface area contributed by atoms with Crippen LogP contribution in [-0.4, -0.2) is 35.1 Å². The summed E-state index contributed by atoms with van der Waals surface area (Å²) in [6, 6.07) is 10.4. The summed E-state index contributed by atoms with van der Waals surface area (Å²) in [5.74, 6) is 1.50. The van der Waals surface area contributed by atoms with E-state index in [1.54, 1.807) is 6.08 Å². The van der Waals surface area contributed by atoms with Crippen LogP contribution in [-0.2, 0) is 11.2 Å². The minimum Gasteiger partial charge on any atom is -0.445 e. The quantitative estimate of drug-likeness (QED) is 0.658. The van der Waals surface area contributed by atoms with Crippen LogP contribution in [0.25, 0.3) is 0 Å². The van der Waals surface area contributed by atoms with Gasteiger partial charge in [0.25, 0.3) is 0 Å². The average Bonchev–Trinajstić information content (AvgIpc) is 2.61. The Labute approximate surface area is 149 Å². The molecule has 24 heavy (non-hydrogen) atoms. The lowest BCUT2D eigenvalue weighted by atomic mass is 9.98. The molecular formula is C20H27NO2S. The van der Waals surface area contributed by atoms with Crippen molar-refractivity contribution in [1.29, 1.82) is 0 Å². The van der Waals surface area contributed by atoms with Gasteiger partial charge in [0.1, 0.15) is 6.61 Å². The van der Waals surface area contributed by atoms with E-state index in [9.17, 15) is 4.79 Å². The van der Waals surface area contributed by atoms with E-state index in [0.717, 1.165) is 24.3 Å². The van der Waals surface area contributed by atoms with Crippen LogP contribution in [0.5, 0.6) is 0 Å². The number of carbonyl (C=O) groups excluding carboxylic acids is 1. The van der Waals surface area contributed by atoms with E-state index in [0.29, 0.717) is 17.7 Å². The molecule has 1 amide bonds. The molecule has 0 bridgehead atoms. The van der Waals surface area contributed by atoms with E-state index in [4.69, 9.17) is 4.74 Å². The molecule has 0 fully saturated rings. The van der Waals surface area contributed by atoms with Crippen molar-refractivity contribution in [3.05, 3.63) is 60.3 Å². The minimum absolute atomic E-state index is 0.253. The summed E-state index contributed by atoms with van der Waals surface area (Å²) in [5.41, 5.74) is 2.37. The molecule has 130 valence electrons. The summed E-state index contributed by atoms with van der Waals surface area (Å²) >= 11 is 1.95. The molecule has 1 aliphatic heterocycles. The first-order valence-electron chi connectivity index (χ1n) is 8.57. The number of ether oxygens (including phenoxy) is 1. The van der Waals surface area contributed by atoms with Gasteiger partial charge in [-0.25, -0.2) is 4.79 Å². The SMILES string of the molecule is C=CCOC(=O)N1CC(C)C(SCC)C=C1CCc1ccccc1. The molecule has 3 nitrogen and oxygen atoms in total. The first-order valence-corrected chi connectivity index (χ1v) is 9.62. The maximum atomic E-state index is 12.4. The zero-order valence-electron chi connectivity index (χ0n) is 14.6. The molecule has 0 saturated carbocycles. The monoisotopic (exact) mass is 345 g/mol. The molecule has 4 heteroatoms. The molecule has 2 atom stereocenters. The van der Waals surface area contributed by atoms with Gasteiger partial charge in [-0.15, -0.1) is 0 Å². The number of aryl methyl sites for hydroxylation is 1. The van der Waals surface area contributed by atoms with Gasteiger partial charge in [0.05, 0.1) is 0 Å². The van der Waals surface area contributed by atoms with Gasteiger partial charge in [-0.05, 0) is 30.1 Å². The first kappa shape index (κ1) is 18.7. The van der Waals surface area contributed by atoms with E-state index < -0.39 is 0 Å². The van der Waals surface area contributed by atoms with Crippen molar-refractivity contribution < 1.29 is 9.53 Å². The van der Waals surface area contributed by atoms with Crippen LogP contribution in [0.15, 0.2) is 54.8 Å². The fourth-order valence-electron chi connectivity index (χ4n) is 2.89. The first-order chi connectivity index (χ1) is 11.7. The van der Waals surface area contributed by atoms with Crippen molar-refractivity contribution in [2.24, 2.45) is 5.92 Å². The molecule has 0 saturated heterocycles. The van der Waals surface area contributed by atoms with Gasteiger partial charge in [-0.3, -0.25) is 4.90 Å². The predicted octanol–water partition coefficient (Wildman–Crippen LogP) is 4.90. The van der Waals surface area contributed by atoms with E-state index in [2.05, 4.69) is 50.8 Å². The Hall–Kier alpha value is -1.68. The van der Waals surface area contributed by atoms with Gasteiger partial charge in [0, 0.05) is 17.5 Å². The highest BCUT2D eigenvalue weighted by atomic mass is 32.2. The number of amides is 1. The van der Waals surface area contributed by atoms with Crippen LogP contribution in [0.1, 0.15) is 25.8 Å². The van der Waals surface area contributed by atoms with Crippen LogP contribution >= 0.6 is 11.8 Å². The average molecular weight is 346 g/mol. The zero-order valence-corrected chi connectivity index (χ0v) is 15.4. The van der Waals surface area contributed by atoms with Crippen molar-refractivity contribution >= 4 is 17.9 Å². The fraction of sp³-hybridized carbons (Fsp3) is 0.450. The Balaban J connectivity index is 2.12. The topological polar surface area (TPSA) is 29.5 Å². The summed E-state index contributed by atoms with van der Waals surface area (Å²) in [6.07, 6.45) is 5.38. The molecule has 0 radical (unpaired) electrons. The molecule has 1 heterocycles. The predicted molar refractivity (Wildman–Crippen MR) is 102 cm³/mol. The highest BCUT2D eigenvalue weighted by Crippen LogP contribution is 2.31. The van der Waals surface area contributed by atoms with Crippen molar-refractivity contribution in [3.63, 3.8) is 0 Å². The van der Waals surface area contributed by atoms with E-state index in [1.807, 2.05) is 22.7 Å². The van der Waals surface area contributed by atoms with Crippen LogP contribution in [0, 0.1) is 5.92 Å². The van der Waals surface area contributed by atoms with Gasteiger partial charge in [-0.2, -0.15) is 11.8 Å². The van der Waals surface area contributed by atoms with Crippen LogP contribution < -0.4 is 0 Å². The van der Waals surface area contributed by atoms with Crippen LogP contribution in [0.3, 0.4) is 0 Å². The molecule has 0 aliphatic carbocycles. The number of allylic oxidation sites excluding steroid dienone is 1. The van der Waals surface area contributed by atoms with E-state index in [-0.39, 0.29) is 12.7 Å². The third-order valence-corrected chi connectivity index (χ3v) is 5.47. The van der Waals surface area contributed by atoms with Crippen LogP contribution in [0.4, 0.5) is 4.79 Å². The number of carbonyl (C=O) groups is 1. The second-order valence-electron chi connectivity index (χ2n) is 6.02. The number of hydrogen-bond acceptors (Lipinski definition) is 3. The Morgan fingerprint density at radius 3 is 2.79 bits per heavy atom. The molecule has 2 rings (SSSR count). The summed E-state index contributed by atoms with van der Waals surface area (Å²) in [6.45, 7) is 8.96. The van der Waals surface area contributed by atoms with Gasteiger partial charge in [-0.1, -0.05) is 62.9 Å². The standard InChI is InChI=1S/C20H27NO2S/c1-4-13-23-20(22)21-15-16(3)19(24-5-2)14-18(21)12-11-17-9-7-6-8-10-17/h4,6-10,14,16,19H,1,5,11-13,15H2,2-3H3. The lowest BCUT2D eigenvalue weighted by molar-refractivity contribution is 0.115. The molecule has 0 N–H and O–H groups in total. The van der Waals surface area contributed by atoms with Crippen molar-refractivity contribution in [2.75, 3.05) is 18.9 Å². The molecule has 1 aromatic carbocycles. The fourth-order valence-corrected chi connectivity index (χ4v) is 3.95. The highest BCUT2D eigenvalue weighted by Gasteiger charge is 2.30. The molecule has 1 aromatic rings. The second-order valence-corrected chi connectivity index (χ2v) is 7.47. The summed E-state index contributed by atoms with van der Waals surface area (Å²) in [4.78, 5) is 14.2. The third kappa shape index (κ3) is 5.17. The van der Waals surface area contributed by atoms with Gasteiger partial charge >= 0.3 is 6.09 Å². The summed E-state index contributed by atoms with van der Waals surface area (Å²) in [7, 11) is 0. The Morgan fingerprint density at radius 2 is 2.12 bits per heavy atom. The highest BCUT2D eigenvalue weighted by molar-refractivity contribution is 8.00. The van der Waals surface area contributed by atoms with Gasteiger partial charge in [0.2, 0.25) is 0 Å². The number of nitrogens with zero attached hydrogens (tertiary/aromatic N) is 1. The van der Waals surface area contributed by atoms with Crippen molar-refractivity contribution in [2.45, 2.75) is 31.9 Å². The normalized spacial score (nSPS) is 20.4. The smallest absolute Gasteiger partial charge is 0.414 e. The van der Waals surface area contributed by atoms with E-state index >= 15 is 0 Å². The Kier molecular flexibility index (Phi) is 7.44. The van der Waals surface area contributed by atoms with E-state index in [1.165, 1.54) is 5.56 Å². The van der Waals surface area contributed by atoms with Crippen molar-refractivity contribution in [3.8, 4) is 0 Å². The largest absolute Gasteiger partial charge is 0.445 e. The lowest BCUT2D eigenvalue weighted by Crippen LogP contribution is -2.41. The number of rotatable bonds is 7.